The second-order valence-electron chi connectivity index (χ2n) is 3.72. The molecule has 0 atom stereocenters. The molecule has 0 spiro atoms. The summed E-state index contributed by atoms with van der Waals surface area (Å²) in [5.74, 6) is -0.850. The van der Waals surface area contributed by atoms with Crippen LogP contribution in [0.5, 0.6) is 5.75 Å². The molecule has 14 nitrogen and oxygen atoms in total. The average Bonchev–Trinajstić information content (AvgIpc) is 2.36. The number of anilines is 1. The molecule has 0 fully saturated rings. The number of azide groups is 1. The van der Waals surface area contributed by atoms with E-state index in [0.717, 1.165) is 12.1 Å². The minimum atomic E-state index is -5.09. The number of phenolic OH excluding ortho intramolecular Hbond substituents is 1. The third-order valence-electron chi connectivity index (χ3n) is 1.89. The van der Waals surface area contributed by atoms with Crippen LogP contribution in [-0.2, 0) is 18.7 Å². The first kappa shape index (κ1) is 21.3. The minimum Gasteiger partial charge on any atom is -0.213 e. The Kier molecular flexibility index (Phi) is 7.86. The van der Waals surface area contributed by atoms with Crippen LogP contribution in [0.2, 0.25) is 0 Å². The Labute approximate surface area is 137 Å². The van der Waals surface area contributed by atoms with Gasteiger partial charge < -0.3 is 0 Å². The van der Waals surface area contributed by atoms with Crippen LogP contribution in [0, 0.1) is 0 Å². The number of benzene rings is 1. The molecule has 1 rings (SSSR count). The Morgan fingerprint density at radius 3 is 2.08 bits per heavy atom. The van der Waals surface area contributed by atoms with Crippen molar-refractivity contribution in [2.75, 3.05) is 5.32 Å². The smallest absolute Gasteiger partial charge is 0.213 e. The predicted molar refractivity (Wildman–Crippen MR) is 80.1 cm³/mol. The van der Waals surface area contributed by atoms with Crippen molar-refractivity contribution < 1.29 is 30.2 Å². The number of carbonyl (C=O) groups excluding carboxylic acids is 1. The van der Waals surface area contributed by atoms with Crippen molar-refractivity contribution in [3.05, 3.63) is 39.1 Å². The number of hydrogen-bond acceptors (Lipinski definition) is 5. The number of carbonyl (C=O) groups is 1. The van der Waals surface area contributed by atoms with Gasteiger partial charge in [0.2, 0.25) is 0 Å². The summed E-state index contributed by atoms with van der Waals surface area (Å²) in [5.41, 5.74) is 15.3. The zero-order valence-corrected chi connectivity index (χ0v) is 14.4. The molecule has 1 amide bonds. The summed E-state index contributed by atoms with van der Waals surface area (Å²) < 4.78 is 52.6. The summed E-state index contributed by atoms with van der Waals surface area (Å²) in [4.78, 5) is 14.5. The van der Waals surface area contributed by atoms with E-state index < -0.39 is 34.5 Å². The first-order chi connectivity index (χ1) is 10.9. The van der Waals surface area contributed by atoms with Gasteiger partial charge in [-0.1, -0.05) is 0 Å². The Hall–Kier alpha value is -2.66. The Morgan fingerprint density at radius 1 is 1.25 bits per heavy atom. The van der Waals surface area contributed by atoms with Crippen LogP contribution in [0.25, 0.3) is 20.9 Å². The molecule has 0 aliphatic rings. The monoisotopic (exact) mass is 423 g/mol. The van der Waals surface area contributed by atoms with E-state index >= 15 is 0 Å². The number of nitrogens with one attached hydrogen (secondary N) is 1. The van der Waals surface area contributed by atoms with Crippen molar-refractivity contribution in [2.45, 2.75) is 6.92 Å². The molecule has 0 bridgehead atoms. The summed E-state index contributed by atoms with van der Waals surface area (Å²) in [5, 5.41) is 11.7. The molecule has 0 aliphatic heterocycles. The molecule has 0 saturated carbocycles. The van der Waals surface area contributed by atoms with Gasteiger partial charge in [0.1, 0.15) is 0 Å². The first-order valence-electron chi connectivity index (χ1n) is 5.47. The molecular weight excluding hydrogens is 413 g/mol. The van der Waals surface area contributed by atoms with Gasteiger partial charge in [0.05, 0.1) is 0 Å². The molecule has 0 aromatic heterocycles. The summed E-state index contributed by atoms with van der Waals surface area (Å²) in [7, 11) is -4.27. The topological polar surface area (TPSA) is 239 Å². The molecule has 0 radical (unpaired) electrons. The van der Waals surface area contributed by atoms with Gasteiger partial charge in [-0.15, -0.1) is 0 Å². The molecule has 0 heterocycles. The third kappa shape index (κ3) is 8.10. The number of amides is 1. The van der Waals surface area contributed by atoms with Crippen molar-refractivity contribution in [2.24, 2.45) is 9.04 Å². The SMILES string of the molecule is CC(=O)Nc1ccc([As](=O)(O)O)c(O)c1.[N-]=[N+]=NS(=O)(=O)N=[N+]=[N-]. The van der Waals surface area contributed by atoms with Crippen LogP contribution in [0.15, 0.2) is 27.2 Å². The van der Waals surface area contributed by atoms with Crippen LogP contribution < -0.4 is 9.67 Å². The van der Waals surface area contributed by atoms with Gasteiger partial charge in [-0.05, 0) is 11.1 Å². The summed E-state index contributed by atoms with van der Waals surface area (Å²) >= 11 is -5.09. The largest absolute Gasteiger partial charge is 0.321 e. The standard InChI is InChI=1S/C8H10AsNO5.N6O2S/c1-5(11)10-6-2-3-7(8(12)4-6)9(13,14)15;1-3-5-9(7,8)6-4-2/h2-4,12H,1H3,(H,10,11)(H2,13,14,15);. The number of nitrogens with zero attached hydrogens (tertiary/aromatic N) is 6. The van der Waals surface area contributed by atoms with Gasteiger partial charge in [-0.25, -0.2) is 8.42 Å². The molecule has 1 aromatic carbocycles. The molecule has 130 valence electrons. The van der Waals surface area contributed by atoms with Gasteiger partial charge in [0.15, 0.2) is 0 Å². The van der Waals surface area contributed by atoms with Crippen LogP contribution >= 0.6 is 0 Å². The number of phenols is 1. The van der Waals surface area contributed by atoms with Crippen molar-refractivity contribution in [3.8, 4) is 5.75 Å². The van der Waals surface area contributed by atoms with E-state index in [1.54, 1.807) is 0 Å². The third-order valence-corrected chi connectivity index (χ3v) is 4.56. The van der Waals surface area contributed by atoms with Crippen LogP contribution in [-0.4, -0.2) is 41.8 Å². The molecule has 24 heavy (non-hydrogen) atoms. The van der Waals surface area contributed by atoms with E-state index in [1.807, 2.05) is 9.82 Å². The van der Waals surface area contributed by atoms with Gasteiger partial charge in [0, 0.05) is 18.9 Å². The maximum atomic E-state index is 10.9. The zero-order valence-electron chi connectivity index (χ0n) is 11.7. The first-order valence-corrected chi connectivity index (χ1v) is 10.3. The molecule has 0 unspecified atom stereocenters. The fourth-order valence-corrected chi connectivity index (χ4v) is 2.70. The maximum absolute atomic E-state index is 10.9. The number of hydrogen-bond donors (Lipinski definition) is 4. The van der Waals surface area contributed by atoms with E-state index in [0.29, 0.717) is 0 Å². The van der Waals surface area contributed by atoms with E-state index in [9.17, 15) is 22.1 Å². The van der Waals surface area contributed by atoms with Crippen LogP contribution in [0.3, 0.4) is 0 Å². The van der Waals surface area contributed by atoms with Gasteiger partial charge >= 0.3 is 98.3 Å². The normalized spacial score (nSPS) is 10.3. The number of rotatable bonds is 4. The molecule has 0 aliphatic carbocycles. The molecule has 1 aromatic rings. The summed E-state index contributed by atoms with van der Waals surface area (Å²) in [6.45, 7) is 1.29. The van der Waals surface area contributed by atoms with E-state index in [1.165, 1.54) is 13.0 Å². The minimum absolute atomic E-state index is 0.285. The fraction of sp³-hybridized carbons (Fsp3) is 0.125. The quantitative estimate of drug-likeness (QED) is 0.219. The summed E-state index contributed by atoms with van der Waals surface area (Å²) in [6.07, 6.45) is 0. The molecule has 4 N–H and O–H groups in total. The van der Waals surface area contributed by atoms with E-state index in [-0.39, 0.29) is 11.6 Å². The molecule has 16 heteroatoms. The number of aromatic hydroxyl groups is 1. The Bertz CT molecular complexity index is 843. The summed E-state index contributed by atoms with van der Waals surface area (Å²) in [6, 6.07) is 3.51. The predicted octanol–water partition coefficient (Wildman–Crippen LogP) is -0.237. The average molecular weight is 423 g/mol. The molecular formula is C8H10AsN7O7S. The van der Waals surface area contributed by atoms with E-state index in [2.05, 4.69) is 14.4 Å². The molecule has 0 saturated heterocycles. The van der Waals surface area contributed by atoms with Gasteiger partial charge in [-0.2, -0.15) is 0 Å². The van der Waals surface area contributed by atoms with Crippen molar-refractivity contribution in [1.29, 1.82) is 0 Å². The van der Waals surface area contributed by atoms with E-state index in [4.69, 9.17) is 19.3 Å². The fourth-order valence-electron chi connectivity index (χ4n) is 1.16. The zero-order chi connectivity index (χ0) is 19.0. The second kappa shape index (κ2) is 8.84. The Morgan fingerprint density at radius 2 is 1.75 bits per heavy atom. The van der Waals surface area contributed by atoms with Gasteiger partial charge in [-0.3, -0.25) is 0 Å². The van der Waals surface area contributed by atoms with Gasteiger partial charge in [0.25, 0.3) is 0 Å². The maximum Gasteiger partial charge on any atom is 0.321 e. The second-order valence-corrected chi connectivity index (χ2v) is 8.23. The van der Waals surface area contributed by atoms with Crippen molar-refractivity contribution in [3.63, 3.8) is 0 Å². The van der Waals surface area contributed by atoms with Crippen LogP contribution in [0.1, 0.15) is 6.92 Å². The van der Waals surface area contributed by atoms with Crippen LogP contribution in [0.4, 0.5) is 5.69 Å². The van der Waals surface area contributed by atoms with Crippen molar-refractivity contribution in [1.82, 2.24) is 0 Å². The van der Waals surface area contributed by atoms with Crippen molar-refractivity contribution >= 4 is 40.3 Å². The Balaban J connectivity index is 0.000000506.